The second-order valence-corrected chi connectivity index (χ2v) is 9.45. The van der Waals surface area contributed by atoms with Gasteiger partial charge in [0, 0.05) is 31.6 Å². The van der Waals surface area contributed by atoms with E-state index in [2.05, 4.69) is 16.7 Å². The van der Waals surface area contributed by atoms with E-state index >= 15 is 0 Å². The molecule has 0 saturated heterocycles. The van der Waals surface area contributed by atoms with Gasteiger partial charge in [-0.15, -0.1) is 0 Å². The molecule has 2 N–H and O–H groups in total. The number of anilines is 2. The number of benzene rings is 2. The molecule has 0 spiro atoms. The van der Waals surface area contributed by atoms with Crippen LogP contribution in [-0.4, -0.2) is 55.3 Å². The number of rotatable bonds is 10. The number of nitrogens with one attached hydrogen (secondary N) is 2. The van der Waals surface area contributed by atoms with Crippen LogP contribution in [0.4, 0.5) is 11.8 Å². The topological polar surface area (TPSA) is 79.4 Å². The molecule has 0 aliphatic heterocycles. The van der Waals surface area contributed by atoms with Crippen LogP contribution in [0.3, 0.4) is 0 Å². The number of carbonyl (C=O) groups excluding carboxylic acids is 1. The van der Waals surface area contributed by atoms with E-state index < -0.39 is 0 Å². The third-order valence-corrected chi connectivity index (χ3v) is 6.61. The summed E-state index contributed by atoms with van der Waals surface area (Å²) < 4.78 is 5.04. The molecule has 0 bridgehead atoms. The van der Waals surface area contributed by atoms with Crippen molar-refractivity contribution >= 4 is 28.6 Å². The highest BCUT2D eigenvalue weighted by molar-refractivity contribution is 5.90. The Morgan fingerprint density at radius 1 is 1.00 bits per heavy atom. The summed E-state index contributed by atoms with van der Waals surface area (Å²) in [5, 5.41) is 8.39. The Morgan fingerprint density at radius 2 is 1.71 bits per heavy atom. The number of fused-ring (bicyclic) bond motifs is 1. The molecule has 35 heavy (non-hydrogen) atoms. The number of hydrogen-bond acceptors (Lipinski definition) is 7. The summed E-state index contributed by atoms with van der Waals surface area (Å²) in [7, 11) is 4.04. The average Bonchev–Trinajstić information content (AvgIpc) is 2.87. The predicted molar refractivity (Wildman–Crippen MR) is 142 cm³/mol. The van der Waals surface area contributed by atoms with Gasteiger partial charge in [0.1, 0.15) is 5.82 Å². The maximum absolute atomic E-state index is 11.8. The van der Waals surface area contributed by atoms with Gasteiger partial charge >= 0.3 is 5.97 Å². The largest absolute Gasteiger partial charge is 0.462 e. The Balaban J connectivity index is 1.20. The lowest BCUT2D eigenvalue weighted by Crippen LogP contribution is -2.37. The molecule has 7 nitrogen and oxygen atoms in total. The molecule has 1 aliphatic carbocycles. The molecule has 7 heteroatoms. The molecule has 1 aromatic heterocycles. The summed E-state index contributed by atoms with van der Waals surface area (Å²) in [6.07, 6.45) is 6.61. The summed E-state index contributed by atoms with van der Waals surface area (Å²) in [5.74, 6) is 1.41. The molecular weight excluding hydrogens is 438 g/mol. The van der Waals surface area contributed by atoms with E-state index in [9.17, 15) is 4.79 Å². The number of carbonyl (C=O) groups is 1. The molecule has 1 saturated carbocycles. The Morgan fingerprint density at radius 3 is 2.43 bits per heavy atom. The van der Waals surface area contributed by atoms with Crippen molar-refractivity contribution in [2.75, 3.05) is 37.5 Å². The Kier molecular flexibility index (Phi) is 8.53. The fourth-order valence-corrected chi connectivity index (χ4v) is 4.71. The Bertz CT molecular complexity index is 1110. The third-order valence-electron chi connectivity index (χ3n) is 6.61. The van der Waals surface area contributed by atoms with E-state index in [4.69, 9.17) is 14.7 Å². The van der Waals surface area contributed by atoms with Crippen molar-refractivity contribution in [2.24, 2.45) is 0 Å². The zero-order chi connectivity index (χ0) is 24.6. The maximum Gasteiger partial charge on any atom is 0.338 e. The lowest BCUT2D eigenvalue weighted by atomic mass is 9.91. The van der Waals surface area contributed by atoms with Crippen molar-refractivity contribution < 1.29 is 9.53 Å². The van der Waals surface area contributed by atoms with Gasteiger partial charge < -0.3 is 20.3 Å². The predicted octanol–water partition coefficient (Wildman–Crippen LogP) is 4.82. The van der Waals surface area contributed by atoms with Gasteiger partial charge in [-0.2, -0.15) is 4.98 Å². The van der Waals surface area contributed by atoms with Crippen molar-refractivity contribution in [3.8, 4) is 0 Å². The zero-order valence-electron chi connectivity index (χ0n) is 21.1. The van der Waals surface area contributed by atoms with Gasteiger partial charge in [0.25, 0.3) is 0 Å². The number of nitrogens with zero attached hydrogens (tertiary/aromatic N) is 3. The van der Waals surface area contributed by atoms with Gasteiger partial charge in [0.05, 0.1) is 17.7 Å². The molecule has 186 valence electrons. The molecule has 3 aromatic rings. The van der Waals surface area contributed by atoms with E-state index in [0.29, 0.717) is 24.3 Å². The van der Waals surface area contributed by atoms with E-state index in [0.717, 1.165) is 67.7 Å². The molecule has 1 aliphatic rings. The Labute approximate surface area is 208 Å². The number of aromatic nitrogens is 2. The second-order valence-electron chi connectivity index (χ2n) is 9.45. The number of ether oxygens (including phenoxy) is 1. The fourth-order valence-electron chi connectivity index (χ4n) is 4.71. The maximum atomic E-state index is 11.8. The molecule has 0 unspecified atom stereocenters. The van der Waals surface area contributed by atoms with Crippen LogP contribution in [-0.2, 0) is 11.2 Å². The SMILES string of the molecule is CCOC(=O)c1ccc(CCCNC2CCC(Nc3nc(N(C)C)c4ccccc4n3)CC2)cc1. The molecule has 0 atom stereocenters. The van der Waals surface area contributed by atoms with Crippen LogP contribution in [0, 0.1) is 0 Å². The van der Waals surface area contributed by atoms with Crippen LogP contribution < -0.4 is 15.5 Å². The van der Waals surface area contributed by atoms with Crippen molar-refractivity contribution in [2.45, 2.75) is 57.5 Å². The number of hydrogen-bond donors (Lipinski definition) is 2. The number of esters is 1. The smallest absolute Gasteiger partial charge is 0.338 e. The summed E-state index contributed by atoms with van der Waals surface area (Å²) in [4.78, 5) is 23.4. The lowest BCUT2D eigenvalue weighted by molar-refractivity contribution is 0.0526. The highest BCUT2D eigenvalue weighted by Crippen LogP contribution is 2.26. The van der Waals surface area contributed by atoms with Crippen molar-refractivity contribution in [1.29, 1.82) is 0 Å². The molecule has 4 rings (SSSR count). The van der Waals surface area contributed by atoms with Crippen molar-refractivity contribution in [1.82, 2.24) is 15.3 Å². The van der Waals surface area contributed by atoms with Gasteiger partial charge in [-0.1, -0.05) is 24.3 Å². The zero-order valence-corrected chi connectivity index (χ0v) is 21.1. The van der Waals surface area contributed by atoms with Gasteiger partial charge in [0.15, 0.2) is 0 Å². The minimum absolute atomic E-state index is 0.254. The molecule has 2 aromatic carbocycles. The fraction of sp³-hybridized carbons (Fsp3) is 0.464. The average molecular weight is 476 g/mol. The van der Waals surface area contributed by atoms with Crippen LogP contribution in [0.1, 0.15) is 54.9 Å². The lowest BCUT2D eigenvalue weighted by Gasteiger charge is -2.30. The first-order chi connectivity index (χ1) is 17.0. The van der Waals surface area contributed by atoms with Crippen LogP contribution in [0.25, 0.3) is 10.9 Å². The highest BCUT2D eigenvalue weighted by Gasteiger charge is 2.22. The molecule has 1 heterocycles. The summed E-state index contributed by atoms with van der Waals surface area (Å²) >= 11 is 0. The van der Waals surface area contributed by atoms with Crippen LogP contribution in [0.2, 0.25) is 0 Å². The van der Waals surface area contributed by atoms with E-state index in [-0.39, 0.29) is 5.97 Å². The van der Waals surface area contributed by atoms with E-state index in [1.807, 2.05) is 68.4 Å². The third kappa shape index (κ3) is 6.69. The normalized spacial score (nSPS) is 17.8. The van der Waals surface area contributed by atoms with E-state index in [1.54, 1.807) is 0 Å². The monoisotopic (exact) mass is 475 g/mol. The highest BCUT2D eigenvalue weighted by atomic mass is 16.5. The van der Waals surface area contributed by atoms with Crippen LogP contribution in [0.5, 0.6) is 0 Å². The van der Waals surface area contributed by atoms with Gasteiger partial charge in [0.2, 0.25) is 5.95 Å². The van der Waals surface area contributed by atoms with Gasteiger partial charge in [-0.25, -0.2) is 9.78 Å². The quantitative estimate of drug-likeness (QED) is 0.321. The van der Waals surface area contributed by atoms with Crippen molar-refractivity contribution in [3.05, 3.63) is 59.7 Å². The first kappa shape index (κ1) is 24.9. The minimum Gasteiger partial charge on any atom is -0.462 e. The summed E-state index contributed by atoms with van der Waals surface area (Å²) in [6.45, 7) is 3.23. The van der Waals surface area contributed by atoms with Crippen molar-refractivity contribution in [3.63, 3.8) is 0 Å². The van der Waals surface area contributed by atoms with E-state index in [1.165, 1.54) is 5.56 Å². The molecule has 1 fully saturated rings. The molecular formula is C28H37N5O2. The second kappa shape index (κ2) is 12.0. The summed E-state index contributed by atoms with van der Waals surface area (Å²) in [5.41, 5.74) is 2.84. The van der Waals surface area contributed by atoms with Gasteiger partial charge in [-0.05, 0) is 81.8 Å². The van der Waals surface area contributed by atoms with Crippen LogP contribution in [0.15, 0.2) is 48.5 Å². The minimum atomic E-state index is -0.254. The standard InChI is InChI=1S/C28H37N5O2/c1-4-35-27(34)21-13-11-20(12-14-21)8-7-19-29-22-15-17-23(18-16-22)30-28-31-25-10-6-5-9-24(25)26(32-28)33(2)3/h5-6,9-14,22-23,29H,4,7-8,15-19H2,1-3H3,(H,30,31,32). The molecule has 0 amide bonds. The van der Waals surface area contributed by atoms with Crippen LogP contribution >= 0.6 is 0 Å². The first-order valence-electron chi connectivity index (χ1n) is 12.7. The first-order valence-corrected chi connectivity index (χ1v) is 12.7. The van der Waals surface area contributed by atoms with Gasteiger partial charge in [-0.3, -0.25) is 0 Å². The Hall–Kier alpha value is -3.19. The summed E-state index contributed by atoms with van der Waals surface area (Å²) in [6, 6.07) is 16.9. The number of aryl methyl sites for hydroxylation is 1. The molecule has 0 radical (unpaired) electrons. The number of para-hydroxylation sites is 1.